The smallest absolute Gasteiger partial charge is 0.160 e. The number of nitrogens with two attached hydrogens (primary N) is 3. The van der Waals surface area contributed by atoms with Gasteiger partial charge in [-0.1, -0.05) is 18.2 Å². The van der Waals surface area contributed by atoms with Crippen molar-refractivity contribution in [3.8, 4) is 0 Å². The summed E-state index contributed by atoms with van der Waals surface area (Å²) in [7, 11) is 0. The van der Waals surface area contributed by atoms with Crippen molar-refractivity contribution < 1.29 is 0 Å². The second-order valence-corrected chi connectivity index (χ2v) is 2.28. The first-order chi connectivity index (χ1) is 5.13. The van der Waals surface area contributed by atoms with Gasteiger partial charge in [-0.3, -0.25) is 0 Å². The van der Waals surface area contributed by atoms with E-state index in [2.05, 4.69) is 23.7 Å². The van der Waals surface area contributed by atoms with Crippen LogP contribution in [0.4, 0.5) is 5.69 Å². The van der Waals surface area contributed by atoms with Gasteiger partial charge < -0.3 is 17.2 Å². The molecule has 1 rings (SSSR count). The summed E-state index contributed by atoms with van der Waals surface area (Å²) >= 11 is 4.09. The zero-order chi connectivity index (χ0) is 8.69. The van der Waals surface area contributed by atoms with Gasteiger partial charge in [0.1, 0.15) is 0 Å². The van der Waals surface area contributed by atoms with Crippen LogP contribution in [0.25, 0.3) is 0 Å². The van der Waals surface area contributed by atoms with E-state index in [1.54, 1.807) is 0 Å². The second-order valence-electron chi connectivity index (χ2n) is 1.81. The fraction of sp³-hybridized carbons (Fsp3) is 0. The number of hydrogen-bond donors (Lipinski definition) is 3. The molecule has 0 bridgehead atoms. The van der Waals surface area contributed by atoms with E-state index in [4.69, 9.17) is 5.73 Å². The first kappa shape index (κ1) is 9.71. The van der Waals surface area contributed by atoms with Gasteiger partial charge in [0.15, 0.2) is 5.11 Å². The zero-order valence-corrected chi connectivity index (χ0v) is 6.84. The average molecular weight is 169 g/mol. The molecule has 0 atom stereocenters. The predicted molar refractivity (Wildman–Crippen MR) is 51.8 cm³/mol. The molecule has 3 nitrogen and oxygen atoms in total. The van der Waals surface area contributed by atoms with Crippen LogP contribution in [0.2, 0.25) is 0 Å². The Morgan fingerprint density at radius 3 is 1.64 bits per heavy atom. The Labute approximate surface area is 71.2 Å². The lowest BCUT2D eigenvalue weighted by molar-refractivity contribution is 1.65. The van der Waals surface area contributed by atoms with Crippen molar-refractivity contribution in [2.24, 2.45) is 11.5 Å². The van der Waals surface area contributed by atoms with E-state index in [9.17, 15) is 0 Å². The molecule has 0 unspecified atom stereocenters. The van der Waals surface area contributed by atoms with Crippen LogP contribution in [0.5, 0.6) is 0 Å². The molecule has 0 aliphatic carbocycles. The van der Waals surface area contributed by atoms with Crippen LogP contribution in [0, 0.1) is 0 Å². The number of para-hydroxylation sites is 1. The standard InChI is InChI=1S/C6H7N.CH4N2S/c7-6-4-2-1-3-5-6;2-1(3)4/h1-5H,7H2;(H4,2,3,4). The number of benzene rings is 1. The van der Waals surface area contributed by atoms with Gasteiger partial charge in [-0.05, 0) is 24.4 Å². The highest BCUT2D eigenvalue weighted by molar-refractivity contribution is 7.80. The first-order valence-electron chi connectivity index (χ1n) is 2.98. The second kappa shape index (κ2) is 5.49. The summed E-state index contributed by atoms with van der Waals surface area (Å²) in [6.07, 6.45) is 0. The minimum atomic E-state index is 0.000000000000000222. The van der Waals surface area contributed by atoms with Crippen LogP contribution in [-0.2, 0) is 0 Å². The van der Waals surface area contributed by atoms with E-state index in [0.717, 1.165) is 5.69 Å². The third kappa shape index (κ3) is 8.71. The highest BCUT2D eigenvalue weighted by Gasteiger charge is 1.72. The third-order valence-electron chi connectivity index (χ3n) is 0.800. The summed E-state index contributed by atoms with van der Waals surface area (Å²) in [6, 6.07) is 9.49. The SMILES string of the molecule is NC(N)=S.Nc1ccccc1. The number of rotatable bonds is 0. The van der Waals surface area contributed by atoms with E-state index in [0.29, 0.717) is 0 Å². The molecule has 6 N–H and O–H groups in total. The lowest BCUT2D eigenvalue weighted by Gasteiger charge is -1.83. The lowest BCUT2D eigenvalue weighted by atomic mass is 10.3. The summed E-state index contributed by atoms with van der Waals surface area (Å²) in [5.74, 6) is 0. The molecule has 11 heavy (non-hydrogen) atoms. The van der Waals surface area contributed by atoms with Gasteiger partial charge in [0, 0.05) is 5.69 Å². The summed E-state index contributed by atoms with van der Waals surface area (Å²) in [6.45, 7) is 0. The molecule has 0 amide bonds. The Balaban J connectivity index is 0.000000218. The van der Waals surface area contributed by atoms with Crippen molar-refractivity contribution in [1.29, 1.82) is 0 Å². The molecule has 0 aliphatic rings. The van der Waals surface area contributed by atoms with Crippen molar-refractivity contribution >= 4 is 23.0 Å². The molecule has 0 radical (unpaired) electrons. The van der Waals surface area contributed by atoms with Crippen LogP contribution < -0.4 is 17.2 Å². The first-order valence-corrected chi connectivity index (χ1v) is 3.39. The molecule has 0 aliphatic heterocycles. The number of nitrogen functional groups attached to an aromatic ring is 1. The Morgan fingerprint density at radius 1 is 1.09 bits per heavy atom. The van der Waals surface area contributed by atoms with Crippen LogP contribution in [0.3, 0.4) is 0 Å². The molecule has 0 saturated carbocycles. The minimum Gasteiger partial charge on any atom is -0.399 e. The highest BCUT2D eigenvalue weighted by atomic mass is 32.1. The van der Waals surface area contributed by atoms with Gasteiger partial charge in [0.25, 0.3) is 0 Å². The monoisotopic (exact) mass is 169 g/mol. The Kier molecular flexibility index (Phi) is 4.85. The summed E-state index contributed by atoms with van der Waals surface area (Å²) in [5, 5.41) is 0.000000000000000222. The number of anilines is 1. The van der Waals surface area contributed by atoms with Crippen LogP contribution in [0.15, 0.2) is 30.3 Å². The molecular weight excluding hydrogens is 158 g/mol. The van der Waals surface area contributed by atoms with Gasteiger partial charge in [0.2, 0.25) is 0 Å². The molecule has 0 heterocycles. The molecule has 0 spiro atoms. The van der Waals surface area contributed by atoms with E-state index in [1.165, 1.54) is 0 Å². The molecule has 1 aromatic rings. The Morgan fingerprint density at radius 2 is 1.45 bits per heavy atom. The van der Waals surface area contributed by atoms with E-state index in [-0.39, 0.29) is 5.11 Å². The summed E-state index contributed by atoms with van der Waals surface area (Å²) < 4.78 is 0. The van der Waals surface area contributed by atoms with E-state index in [1.807, 2.05) is 30.3 Å². The Hall–Kier alpha value is -1.29. The molecule has 60 valence electrons. The highest BCUT2D eigenvalue weighted by Crippen LogP contribution is 1.95. The summed E-state index contributed by atoms with van der Waals surface area (Å²) in [5.41, 5.74) is 15.4. The van der Waals surface area contributed by atoms with Crippen LogP contribution >= 0.6 is 12.2 Å². The van der Waals surface area contributed by atoms with Gasteiger partial charge in [0.05, 0.1) is 0 Å². The lowest BCUT2D eigenvalue weighted by Crippen LogP contribution is -2.18. The van der Waals surface area contributed by atoms with Gasteiger partial charge in [-0.25, -0.2) is 0 Å². The quantitative estimate of drug-likeness (QED) is 0.389. The van der Waals surface area contributed by atoms with Crippen molar-refractivity contribution in [2.75, 3.05) is 5.73 Å². The topological polar surface area (TPSA) is 78.1 Å². The molecular formula is C7H11N3S. The summed E-state index contributed by atoms with van der Waals surface area (Å²) in [4.78, 5) is 0. The molecule has 1 aromatic carbocycles. The maximum Gasteiger partial charge on any atom is 0.160 e. The maximum atomic E-state index is 5.36. The third-order valence-corrected chi connectivity index (χ3v) is 0.800. The minimum absolute atomic E-state index is 0.000000000000000222. The maximum absolute atomic E-state index is 5.36. The fourth-order valence-corrected chi connectivity index (χ4v) is 0.453. The van der Waals surface area contributed by atoms with Crippen LogP contribution in [-0.4, -0.2) is 5.11 Å². The number of hydrogen-bond acceptors (Lipinski definition) is 2. The van der Waals surface area contributed by atoms with Crippen molar-refractivity contribution in [3.05, 3.63) is 30.3 Å². The van der Waals surface area contributed by atoms with Gasteiger partial charge in [-0.15, -0.1) is 0 Å². The van der Waals surface area contributed by atoms with Crippen molar-refractivity contribution in [1.82, 2.24) is 0 Å². The fourth-order valence-electron chi connectivity index (χ4n) is 0.453. The van der Waals surface area contributed by atoms with Crippen molar-refractivity contribution in [2.45, 2.75) is 0 Å². The van der Waals surface area contributed by atoms with E-state index < -0.39 is 0 Å². The number of thiocarbonyl (C=S) groups is 1. The van der Waals surface area contributed by atoms with Gasteiger partial charge >= 0.3 is 0 Å². The molecule has 0 saturated heterocycles. The molecule has 4 heteroatoms. The molecule has 0 aromatic heterocycles. The average Bonchev–Trinajstić information content (AvgIpc) is 1.87. The zero-order valence-electron chi connectivity index (χ0n) is 6.03. The Bertz CT molecular complexity index is 206. The van der Waals surface area contributed by atoms with E-state index >= 15 is 0 Å². The van der Waals surface area contributed by atoms with Crippen molar-refractivity contribution in [3.63, 3.8) is 0 Å². The molecule has 0 fully saturated rings. The largest absolute Gasteiger partial charge is 0.399 e. The normalized spacial score (nSPS) is 7.64. The predicted octanol–water partition coefficient (Wildman–Crippen LogP) is 0.457. The van der Waals surface area contributed by atoms with Crippen LogP contribution in [0.1, 0.15) is 0 Å². The van der Waals surface area contributed by atoms with Gasteiger partial charge in [-0.2, -0.15) is 0 Å².